The molecule has 0 aliphatic heterocycles. The Morgan fingerprint density at radius 3 is 1.47 bits per heavy atom. The van der Waals surface area contributed by atoms with Crippen LogP contribution in [0.5, 0.6) is 0 Å². The van der Waals surface area contributed by atoms with Crippen LogP contribution in [0.15, 0.2) is 113 Å². The van der Waals surface area contributed by atoms with Crippen LogP contribution >= 0.6 is 0 Å². The molecule has 0 aliphatic carbocycles. The number of aromatic nitrogens is 1. The van der Waals surface area contributed by atoms with Crippen LogP contribution in [0.3, 0.4) is 0 Å². The minimum Gasteiger partial charge on any atom is -0.266 e. The predicted molar refractivity (Wildman–Crippen MR) is 142 cm³/mol. The Balaban J connectivity index is 1.24. The molecule has 1 aromatic heterocycles. The second kappa shape index (κ2) is 10.4. The number of rotatable bonds is 6. The fourth-order valence-corrected chi connectivity index (χ4v) is 3.85. The van der Waals surface area contributed by atoms with Gasteiger partial charge in [-0.1, -0.05) is 91.0 Å². The molecule has 5 rings (SSSR count). The molecule has 2 N–H and O–H groups in total. The lowest BCUT2D eigenvalue weighted by Crippen LogP contribution is -2.23. The van der Waals surface area contributed by atoms with Gasteiger partial charge >= 0.3 is 0 Å². The zero-order valence-corrected chi connectivity index (χ0v) is 19.1. The van der Waals surface area contributed by atoms with E-state index in [2.05, 4.69) is 26.0 Å². The van der Waals surface area contributed by atoms with Crippen molar-refractivity contribution in [2.75, 3.05) is 0 Å². The van der Waals surface area contributed by atoms with Gasteiger partial charge in [0.25, 0.3) is 11.8 Å². The Hall–Kier alpha value is -5.17. The third-order valence-corrected chi connectivity index (χ3v) is 5.60. The maximum Gasteiger partial charge on any atom is 0.289 e. The first-order valence-corrected chi connectivity index (χ1v) is 11.3. The Labute approximate surface area is 207 Å². The highest BCUT2D eigenvalue weighted by Gasteiger charge is 2.11. The molecule has 0 bridgehead atoms. The van der Waals surface area contributed by atoms with Crippen molar-refractivity contribution in [3.8, 4) is 0 Å². The van der Waals surface area contributed by atoms with Crippen LogP contribution in [0.25, 0.3) is 21.5 Å². The first-order chi connectivity index (χ1) is 17.7. The van der Waals surface area contributed by atoms with E-state index in [1.165, 1.54) is 12.1 Å². The van der Waals surface area contributed by atoms with Crippen molar-refractivity contribution in [3.05, 3.63) is 126 Å². The summed E-state index contributed by atoms with van der Waals surface area (Å²) < 4.78 is 0. The molecule has 0 fully saturated rings. The lowest BCUT2D eigenvalue weighted by atomic mass is 10.1. The van der Waals surface area contributed by atoms with Gasteiger partial charge in [-0.05, 0) is 33.7 Å². The molecule has 7 nitrogen and oxygen atoms in total. The molecule has 4 aromatic carbocycles. The number of nitrogens with one attached hydrogen (secondary N) is 2. The summed E-state index contributed by atoms with van der Waals surface area (Å²) in [6.07, 6.45) is 3.16. The highest BCUT2D eigenvalue weighted by molar-refractivity contribution is 6.02. The standard InChI is InChI=1S/C29H21N5O2/c35-28(33-30-18-22-12-5-10-20-8-1-3-14-24(20)22)26-16-7-17-27(32-26)29(36)34-31-19-23-13-6-11-21-9-2-4-15-25(21)23/h1-19H,(H,33,35)(H,34,36)/b30-18+,31-19+. The van der Waals surface area contributed by atoms with E-state index < -0.39 is 11.8 Å². The average molecular weight is 472 g/mol. The average Bonchev–Trinajstić information content (AvgIpc) is 2.93. The van der Waals surface area contributed by atoms with Crippen LogP contribution in [0.2, 0.25) is 0 Å². The first kappa shape index (κ1) is 22.6. The molecule has 0 saturated heterocycles. The minimum absolute atomic E-state index is 0.0655. The highest BCUT2D eigenvalue weighted by Crippen LogP contribution is 2.17. The molecule has 2 amide bonds. The van der Waals surface area contributed by atoms with Gasteiger partial charge < -0.3 is 0 Å². The largest absolute Gasteiger partial charge is 0.289 e. The molecule has 5 aromatic rings. The summed E-state index contributed by atoms with van der Waals surface area (Å²) in [5.41, 5.74) is 6.81. The SMILES string of the molecule is O=C(N/N=C/c1cccc2ccccc12)c1cccc(C(=O)N/N=C/c2cccc3ccccc23)n1. The van der Waals surface area contributed by atoms with Gasteiger partial charge in [0, 0.05) is 11.1 Å². The number of hydrazone groups is 2. The van der Waals surface area contributed by atoms with E-state index in [9.17, 15) is 9.59 Å². The predicted octanol–water partition coefficient (Wildman–Crippen LogP) is 4.92. The molecule has 0 spiro atoms. The molecule has 0 unspecified atom stereocenters. The zero-order chi connectivity index (χ0) is 24.7. The number of benzene rings is 4. The van der Waals surface area contributed by atoms with Crippen molar-refractivity contribution in [1.82, 2.24) is 15.8 Å². The smallest absolute Gasteiger partial charge is 0.266 e. The number of nitrogens with zero attached hydrogens (tertiary/aromatic N) is 3. The fraction of sp³-hybridized carbons (Fsp3) is 0. The summed E-state index contributed by atoms with van der Waals surface area (Å²) in [4.78, 5) is 29.2. The Kier molecular flexibility index (Phi) is 6.53. The maximum absolute atomic E-state index is 12.5. The summed E-state index contributed by atoms with van der Waals surface area (Å²) in [7, 11) is 0. The van der Waals surface area contributed by atoms with E-state index in [1.807, 2.05) is 84.9 Å². The number of carbonyl (C=O) groups is 2. The van der Waals surface area contributed by atoms with Gasteiger partial charge in [-0.15, -0.1) is 0 Å². The number of pyridine rings is 1. The van der Waals surface area contributed by atoms with E-state index >= 15 is 0 Å². The van der Waals surface area contributed by atoms with E-state index in [1.54, 1.807) is 18.5 Å². The lowest BCUT2D eigenvalue weighted by Gasteiger charge is -2.04. The summed E-state index contributed by atoms with van der Waals surface area (Å²) in [6, 6.07) is 32.2. The molecular weight excluding hydrogens is 450 g/mol. The monoisotopic (exact) mass is 471 g/mol. The van der Waals surface area contributed by atoms with E-state index in [-0.39, 0.29) is 11.4 Å². The van der Waals surface area contributed by atoms with Crippen LogP contribution in [-0.2, 0) is 0 Å². The molecule has 0 aliphatic rings. The van der Waals surface area contributed by atoms with E-state index in [0.717, 1.165) is 32.7 Å². The molecule has 36 heavy (non-hydrogen) atoms. The Bertz CT molecular complexity index is 1510. The number of fused-ring (bicyclic) bond motifs is 2. The van der Waals surface area contributed by atoms with E-state index in [0.29, 0.717) is 0 Å². The van der Waals surface area contributed by atoms with Crippen LogP contribution in [-0.4, -0.2) is 29.2 Å². The van der Waals surface area contributed by atoms with Crippen molar-refractivity contribution in [1.29, 1.82) is 0 Å². The van der Waals surface area contributed by atoms with Gasteiger partial charge in [0.2, 0.25) is 0 Å². The molecule has 0 saturated carbocycles. The second-order valence-electron chi connectivity index (χ2n) is 7.94. The zero-order valence-electron chi connectivity index (χ0n) is 19.1. The lowest BCUT2D eigenvalue weighted by molar-refractivity contribution is 0.0945. The van der Waals surface area contributed by atoms with Gasteiger partial charge in [-0.25, -0.2) is 15.8 Å². The third-order valence-electron chi connectivity index (χ3n) is 5.60. The van der Waals surface area contributed by atoms with Crippen molar-refractivity contribution in [2.45, 2.75) is 0 Å². The second-order valence-corrected chi connectivity index (χ2v) is 7.94. The number of hydrogen-bond acceptors (Lipinski definition) is 5. The van der Waals surface area contributed by atoms with Crippen molar-refractivity contribution < 1.29 is 9.59 Å². The van der Waals surface area contributed by atoms with Crippen molar-refractivity contribution in [2.24, 2.45) is 10.2 Å². The number of carbonyl (C=O) groups excluding carboxylic acids is 2. The first-order valence-electron chi connectivity index (χ1n) is 11.3. The minimum atomic E-state index is -0.527. The fourth-order valence-electron chi connectivity index (χ4n) is 3.85. The molecule has 7 heteroatoms. The Morgan fingerprint density at radius 2 is 0.972 bits per heavy atom. The van der Waals surface area contributed by atoms with E-state index in [4.69, 9.17) is 0 Å². The third kappa shape index (κ3) is 5.00. The van der Waals surface area contributed by atoms with Gasteiger partial charge in [0.1, 0.15) is 11.4 Å². The van der Waals surface area contributed by atoms with Gasteiger partial charge in [0.05, 0.1) is 12.4 Å². The van der Waals surface area contributed by atoms with Gasteiger partial charge in [-0.3, -0.25) is 9.59 Å². The normalized spacial score (nSPS) is 11.3. The quantitative estimate of drug-likeness (QED) is 0.272. The summed E-state index contributed by atoms with van der Waals surface area (Å²) in [6.45, 7) is 0. The summed E-state index contributed by atoms with van der Waals surface area (Å²) in [5.74, 6) is -1.05. The summed E-state index contributed by atoms with van der Waals surface area (Å²) >= 11 is 0. The molecule has 174 valence electrons. The molecule has 0 atom stereocenters. The van der Waals surface area contributed by atoms with Gasteiger partial charge in [0.15, 0.2) is 0 Å². The molecule has 1 heterocycles. The Morgan fingerprint density at radius 1 is 0.556 bits per heavy atom. The van der Waals surface area contributed by atoms with Gasteiger partial charge in [-0.2, -0.15) is 10.2 Å². The number of hydrogen-bond donors (Lipinski definition) is 2. The van der Waals surface area contributed by atoms with Crippen LogP contribution in [0.1, 0.15) is 32.1 Å². The van der Waals surface area contributed by atoms with Crippen LogP contribution < -0.4 is 10.9 Å². The van der Waals surface area contributed by atoms with Crippen LogP contribution in [0.4, 0.5) is 0 Å². The topological polar surface area (TPSA) is 95.8 Å². The van der Waals surface area contributed by atoms with Crippen LogP contribution in [0, 0.1) is 0 Å². The van der Waals surface area contributed by atoms with Crippen molar-refractivity contribution in [3.63, 3.8) is 0 Å². The molecule has 0 radical (unpaired) electrons. The summed E-state index contributed by atoms with van der Waals surface area (Å²) in [5, 5.41) is 12.3. The highest BCUT2D eigenvalue weighted by atomic mass is 16.2. The van der Waals surface area contributed by atoms with Crippen molar-refractivity contribution >= 4 is 45.8 Å². The molecular formula is C29H21N5O2. The maximum atomic E-state index is 12.5. The number of amides is 2.